The van der Waals surface area contributed by atoms with Crippen LogP contribution < -0.4 is 0 Å². The van der Waals surface area contributed by atoms with Crippen LogP contribution in [0.15, 0.2) is 42.5 Å². The van der Waals surface area contributed by atoms with Gasteiger partial charge >= 0.3 is 0 Å². The minimum Gasteiger partial charge on any atom is -0.396 e. The van der Waals surface area contributed by atoms with Crippen LogP contribution in [0.5, 0.6) is 0 Å². The first-order chi connectivity index (χ1) is 8.24. The number of rotatable bonds is 4. The molecule has 0 fully saturated rings. The number of benzene rings is 2. The standard InChI is InChI=1S/C16H20O/c1-12(2)14(10-11-17)16-9-5-7-13-6-3-4-8-15(13)16/h3-9,12,14,17H,10-11H2,1-2H3/t14-/m1/s1. The summed E-state index contributed by atoms with van der Waals surface area (Å²) in [5.41, 5.74) is 1.37. The van der Waals surface area contributed by atoms with E-state index in [1.54, 1.807) is 0 Å². The van der Waals surface area contributed by atoms with E-state index < -0.39 is 0 Å². The minimum absolute atomic E-state index is 0.256. The number of aliphatic hydroxyl groups excluding tert-OH is 1. The monoisotopic (exact) mass is 228 g/mol. The van der Waals surface area contributed by atoms with Crippen molar-refractivity contribution in [3.8, 4) is 0 Å². The Kier molecular flexibility index (Phi) is 3.80. The van der Waals surface area contributed by atoms with Crippen LogP contribution in [0.3, 0.4) is 0 Å². The first-order valence-corrected chi connectivity index (χ1v) is 6.32. The van der Waals surface area contributed by atoms with Crippen molar-refractivity contribution in [1.29, 1.82) is 0 Å². The van der Waals surface area contributed by atoms with Crippen LogP contribution in [0.1, 0.15) is 31.7 Å². The molecule has 2 aromatic carbocycles. The summed E-state index contributed by atoms with van der Waals surface area (Å²) in [6, 6.07) is 14.9. The highest BCUT2D eigenvalue weighted by Gasteiger charge is 2.17. The van der Waals surface area contributed by atoms with Gasteiger partial charge in [-0.3, -0.25) is 0 Å². The van der Waals surface area contributed by atoms with E-state index in [1.165, 1.54) is 16.3 Å². The molecule has 0 amide bonds. The fourth-order valence-electron chi connectivity index (χ4n) is 2.56. The van der Waals surface area contributed by atoms with Gasteiger partial charge in [0, 0.05) is 6.61 Å². The van der Waals surface area contributed by atoms with Crippen molar-refractivity contribution in [3.63, 3.8) is 0 Å². The fraction of sp³-hybridized carbons (Fsp3) is 0.375. The number of hydrogen-bond donors (Lipinski definition) is 1. The molecule has 90 valence electrons. The third-order valence-electron chi connectivity index (χ3n) is 3.47. The Morgan fingerprint density at radius 3 is 2.41 bits per heavy atom. The van der Waals surface area contributed by atoms with Crippen molar-refractivity contribution >= 4 is 10.8 Å². The molecule has 2 rings (SSSR count). The van der Waals surface area contributed by atoms with Crippen LogP contribution in [0, 0.1) is 5.92 Å². The van der Waals surface area contributed by atoms with Gasteiger partial charge in [-0.25, -0.2) is 0 Å². The highest BCUT2D eigenvalue weighted by atomic mass is 16.3. The zero-order valence-corrected chi connectivity index (χ0v) is 10.6. The van der Waals surface area contributed by atoms with E-state index in [4.69, 9.17) is 0 Å². The van der Waals surface area contributed by atoms with Crippen LogP contribution in [-0.4, -0.2) is 11.7 Å². The summed E-state index contributed by atoms with van der Waals surface area (Å²) in [6.07, 6.45) is 0.839. The van der Waals surface area contributed by atoms with E-state index in [9.17, 15) is 5.11 Å². The van der Waals surface area contributed by atoms with Gasteiger partial charge in [0.1, 0.15) is 0 Å². The Morgan fingerprint density at radius 1 is 1.00 bits per heavy atom. The lowest BCUT2D eigenvalue weighted by Gasteiger charge is -2.22. The van der Waals surface area contributed by atoms with Gasteiger partial charge in [0.05, 0.1) is 0 Å². The van der Waals surface area contributed by atoms with Crippen molar-refractivity contribution in [2.75, 3.05) is 6.61 Å². The molecule has 0 aliphatic rings. The molecule has 1 nitrogen and oxygen atoms in total. The lowest BCUT2D eigenvalue weighted by atomic mass is 9.83. The molecule has 0 aliphatic carbocycles. The Bertz CT molecular complexity index is 482. The maximum Gasteiger partial charge on any atom is 0.0436 e. The predicted molar refractivity (Wildman–Crippen MR) is 73.2 cm³/mol. The summed E-state index contributed by atoms with van der Waals surface area (Å²) >= 11 is 0. The molecule has 1 atom stereocenters. The molecule has 2 aromatic rings. The summed E-state index contributed by atoms with van der Waals surface area (Å²) in [4.78, 5) is 0. The van der Waals surface area contributed by atoms with Crippen LogP contribution >= 0.6 is 0 Å². The lowest BCUT2D eigenvalue weighted by Crippen LogP contribution is -2.09. The van der Waals surface area contributed by atoms with E-state index in [0.29, 0.717) is 11.8 Å². The number of aliphatic hydroxyl groups is 1. The van der Waals surface area contributed by atoms with Crippen molar-refractivity contribution in [1.82, 2.24) is 0 Å². The summed E-state index contributed by atoms with van der Waals surface area (Å²) in [5.74, 6) is 0.985. The Morgan fingerprint density at radius 2 is 1.71 bits per heavy atom. The van der Waals surface area contributed by atoms with Gasteiger partial charge in [0.2, 0.25) is 0 Å². The first-order valence-electron chi connectivity index (χ1n) is 6.32. The van der Waals surface area contributed by atoms with Crippen molar-refractivity contribution < 1.29 is 5.11 Å². The summed E-state index contributed by atoms with van der Waals surface area (Å²) in [5, 5.41) is 11.8. The van der Waals surface area contributed by atoms with Crippen molar-refractivity contribution in [2.24, 2.45) is 5.92 Å². The molecule has 0 aliphatic heterocycles. The average Bonchev–Trinajstić information content (AvgIpc) is 2.35. The third-order valence-corrected chi connectivity index (χ3v) is 3.47. The molecule has 0 aromatic heterocycles. The topological polar surface area (TPSA) is 20.2 Å². The second-order valence-corrected chi connectivity index (χ2v) is 4.93. The minimum atomic E-state index is 0.256. The molecule has 0 radical (unpaired) electrons. The van der Waals surface area contributed by atoms with E-state index in [1.807, 2.05) is 0 Å². The molecule has 17 heavy (non-hydrogen) atoms. The van der Waals surface area contributed by atoms with E-state index in [-0.39, 0.29) is 6.61 Å². The van der Waals surface area contributed by atoms with Crippen LogP contribution in [0.2, 0.25) is 0 Å². The lowest BCUT2D eigenvalue weighted by molar-refractivity contribution is 0.262. The Balaban J connectivity index is 2.52. The largest absolute Gasteiger partial charge is 0.396 e. The van der Waals surface area contributed by atoms with Gasteiger partial charge in [-0.1, -0.05) is 56.3 Å². The van der Waals surface area contributed by atoms with E-state index in [0.717, 1.165) is 6.42 Å². The molecule has 1 heteroatoms. The Hall–Kier alpha value is -1.34. The van der Waals surface area contributed by atoms with Gasteiger partial charge in [0.15, 0.2) is 0 Å². The van der Waals surface area contributed by atoms with Crippen LogP contribution in [0.4, 0.5) is 0 Å². The average molecular weight is 228 g/mol. The van der Waals surface area contributed by atoms with Gasteiger partial charge in [-0.2, -0.15) is 0 Å². The van der Waals surface area contributed by atoms with Crippen molar-refractivity contribution in [3.05, 3.63) is 48.0 Å². The maximum atomic E-state index is 9.22. The first kappa shape index (κ1) is 12.1. The maximum absolute atomic E-state index is 9.22. The summed E-state index contributed by atoms with van der Waals surface area (Å²) in [7, 11) is 0. The third kappa shape index (κ3) is 2.50. The molecular weight excluding hydrogens is 208 g/mol. The SMILES string of the molecule is CC(C)[C@@H](CCO)c1cccc2ccccc12. The Labute approximate surface area is 103 Å². The van der Waals surface area contributed by atoms with Gasteiger partial charge in [-0.15, -0.1) is 0 Å². The molecule has 0 heterocycles. The zero-order valence-electron chi connectivity index (χ0n) is 10.6. The smallest absolute Gasteiger partial charge is 0.0436 e. The van der Waals surface area contributed by atoms with Crippen LogP contribution in [0.25, 0.3) is 10.8 Å². The molecule has 0 saturated carbocycles. The molecule has 0 bridgehead atoms. The molecule has 0 saturated heterocycles. The molecular formula is C16H20O. The zero-order chi connectivity index (χ0) is 12.3. The number of fused-ring (bicyclic) bond motifs is 1. The molecule has 0 unspecified atom stereocenters. The number of hydrogen-bond acceptors (Lipinski definition) is 1. The van der Waals surface area contributed by atoms with Crippen molar-refractivity contribution in [2.45, 2.75) is 26.2 Å². The molecule has 1 N–H and O–H groups in total. The van der Waals surface area contributed by atoms with E-state index in [2.05, 4.69) is 56.3 Å². The van der Waals surface area contributed by atoms with Crippen LogP contribution in [-0.2, 0) is 0 Å². The second-order valence-electron chi connectivity index (χ2n) is 4.93. The van der Waals surface area contributed by atoms with Gasteiger partial charge < -0.3 is 5.11 Å². The summed E-state index contributed by atoms with van der Waals surface area (Å²) in [6.45, 7) is 4.70. The quantitative estimate of drug-likeness (QED) is 0.839. The van der Waals surface area contributed by atoms with Gasteiger partial charge in [0.25, 0.3) is 0 Å². The highest BCUT2D eigenvalue weighted by molar-refractivity contribution is 5.86. The van der Waals surface area contributed by atoms with E-state index >= 15 is 0 Å². The fourth-order valence-corrected chi connectivity index (χ4v) is 2.56. The molecule has 0 spiro atoms. The predicted octanol–water partition coefficient (Wildman–Crippen LogP) is 3.96. The highest BCUT2D eigenvalue weighted by Crippen LogP contribution is 2.32. The van der Waals surface area contributed by atoms with Gasteiger partial charge in [-0.05, 0) is 34.6 Å². The normalized spacial score (nSPS) is 13.2. The second kappa shape index (κ2) is 5.33. The summed E-state index contributed by atoms with van der Waals surface area (Å²) < 4.78 is 0.